The van der Waals surface area contributed by atoms with Crippen LogP contribution in [-0.2, 0) is 4.79 Å². The maximum atomic E-state index is 13.2. The topological polar surface area (TPSA) is 109 Å². The van der Waals surface area contributed by atoms with Crippen molar-refractivity contribution in [3.05, 3.63) is 36.2 Å². The summed E-state index contributed by atoms with van der Waals surface area (Å²) in [6, 6.07) is 5.92. The molecule has 1 aliphatic heterocycles. The predicted octanol–water partition coefficient (Wildman–Crippen LogP) is 3.16. The number of hydrogen-bond acceptors (Lipinski definition) is 7. The number of anilines is 3. The van der Waals surface area contributed by atoms with Crippen LogP contribution in [0.2, 0.25) is 0 Å². The molecule has 4 heterocycles. The molecule has 8 nitrogen and oxygen atoms in total. The summed E-state index contributed by atoms with van der Waals surface area (Å²) in [7, 11) is 0. The molecular weight excluding hydrogens is 409 g/mol. The number of aliphatic imine (C=N–C) groups is 1. The molecule has 164 valence electrons. The summed E-state index contributed by atoms with van der Waals surface area (Å²) in [5, 5.41) is 4.15. The van der Waals surface area contributed by atoms with Gasteiger partial charge in [-0.1, -0.05) is 0 Å². The van der Waals surface area contributed by atoms with E-state index in [2.05, 4.69) is 36.9 Å². The van der Waals surface area contributed by atoms with Crippen LogP contribution >= 0.6 is 0 Å². The molecule has 3 aromatic rings. The fraction of sp³-hybridized carbons (Fsp3) is 0.348. The number of aryl methyl sites for hydroxylation is 1. The second-order valence-electron chi connectivity index (χ2n) is 8.46. The van der Waals surface area contributed by atoms with E-state index >= 15 is 0 Å². The fourth-order valence-electron chi connectivity index (χ4n) is 4.12. The Balaban J connectivity index is 1.44. The number of pyridine rings is 3. The Morgan fingerprint density at radius 1 is 1.31 bits per heavy atom. The van der Waals surface area contributed by atoms with E-state index in [9.17, 15) is 9.18 Å². The molecule has 1 aliphatic carbocycles. The molecule has 1 amide bonds. The van der Waals surface area contributed by atoms with E-state index < -0.39 is 12.1 Å². The number of aromatic nitrogens is 3. The van der Waals surface area contributed by atoms with Gasteiger partial charge in [0.2, 0.25) is 5.91 Å². The number of carbonyl (C=O) groups excluding carboxylic acids is 1. The minimum Gasteiger partial charge on any atom is -0.383 e. The molecule has 5 rings (SSSR count). The predicted molar refractivity (Wildman–Crippen MR) is 124 cm³/mol. The fourth-order valence-corrected chi connectivity index (χ4v) is 4.12. The zero-order chi connectivity index (χ0) is 22.4. The van der Waals surface area contributed by atoms with E-state index in [-0.39, 0.29) is 18.4 Å². The number of nitrogen functional groups attached to an aromatic ring is 1. The molecular formula is C23H24FN7O. The number of halogens is 1. The van der Waals surface area contributed by atoms with Crippen molar-refractivity contribution in [2.75, 3.05) is 29.0 Å². The van der Waals surface area contributed by atoms with Gasteiger partial charge in [0.15, 0.2) is 0 Å². The first-order valence-electron chi connectivity index (χ1n) is 10.6. The van der Waals surface area contributed by atoms with Gasteiger partial charge in [-0.15, -0.1) is 0 Å². The number of nitrogens with two attached hydrogens (primary N) is 1. The lowest BCUT2D eigenvalue weighted by molar-refractivity contribution is -0.117. The van der Waals surface area contributed by atoms with E-state index in [4.69, 9.17) is 5.73 Å². The van der Waals surface area contributed by atoms with Crippen LogP contribution < -0.4 is 16.0 Å². The normalized spacial score (nSPS) is 22.2. The number of alkyl halides is 1. The Bertz CT molecular complexity index is 1230. The van der Waals surface area contributed by atoms with Crippen LogP contribution in [0.3, 0.4) is 0 Å². The number of hydrogen-bond donors (Lipinski definition) is 2. The van der Waals surface area contributed by atoms with Crippen molar-refractivity contribution < 1.29 is 9.18 Å². The molecule has 0 aromatic carbocycles. The molecule has 1 saturated carbocycles. The average Bonchev–Trinajstić information content (AvgIpc) is 3.31. The standard InChI is InChI=1S/C23H24FN7O/c1-12-5-21(31-4-3-14(11-31)26-2)28-9-16(12)19-6-13-7-20(27-10-17(13)22(25)29-19)30-23(32)15-8-18(15)24/h5-7,9-10,14-15,18H,2-4,8,11H2,1H3,(H2,25,29)(H,27,30,32)/t14-,15-,18+/m0/s1. The first-order chi connectivity index (χ1) is 15.4. The Morgan fingerprint density at radius 3 is 2.81 bits per heavy atom. The van der Waals surface area contributed by atoms with Crippen molar-refractivity contribution in [1.29, 1.82) is 0 Å². The van der Waals surface area contributed by atoms with Gasteiger partial charge < -0.3 is 16.0 Å². The van der Waals surface area contributed by atoms with Gasteiger partial charge in [0, 0.05) is 36.4 Å². The van der Waals surface area contributed by atoms with Gasteiger partial charge in [0.1, 0.15) is 23.6 Å². The van der Waals surface area contributed by atoms with Crippen LogP contribution in [-0.4, -0.2) is 52.9 Å². The third-order valence-electron chi connectivity index (χ3n) is 6.16. The number of amides is 1. The largest absolute Gasteiger partial charge is 0.383 e. The van der Waals surface area contributed by atoms with Crippen molar-refractivity contribution in [3.63, 3.8) is 0 Å². The summed E-state index contributed by atoms with van der Waals surface area (Å²) in [5.41, 5.74) is 8.79. The third kappa shape index (κ3) is 3.74. The zero-order valence-electron chi connectivity index (χ0n) is 17.8. The second-order valence-corrected chi connectivity index (χ2v) is 8.46. The highest BCUT2D eigenvalue weighted by Gasteiger charge is 2.43. The maximum Gasteiger partial charge on any atom is 0.231 e. The van der Waals surface area contributed by atoms with Crippen LogP contribution in [0.15, 0.2) is 35.6 Å². The molecule has 0 bridgehead atoms. The Kier molecular flexibility index (Phi) is 4.96. The van der Waals surface area contributed by atoms with Crippen molar-refractivity contribution in [1.82, 2.24) is 15.0 Å². The summed E-state index contributed by atoms with van der Waals surface area (Å²) >= 11 is 0. The Morgan fingerprint density at radius 2 is 2.12 bits per heavy atom. The zero-order valence-corrected chi connectivity index (χ0v) is 17.8. The minimum absolute atomic E-state index is 0.248. The van der Waals surface area contributed by atoms with Gasteiger partial charge in [-0.2, -0.15) is 0 Å². The second kappa shape index (κ2) is 7.81. The van der Waals surface area contributed by atoms with Gasteiger partial charge in [-0.3, -0.25) is 9.79 Å². The molecule has 1 saturated heterocycles. The molecule has 3 N–H and O–H groups in total. The monoisotopic (exact) mass is 433 g/mol. The first-order valence-corrected chi connectivity index (χ1v) is 10.6. The highest BCUT2D eigenvalue weighted by atomic mass is 19.1. The molecule has 0 spiro atoms. The third-order valence-corrected chi connectivity index (χ3v) is 6.16. The highest BCUT2D eigenvalue weighted by molar-refractivity contribution is 5.98. The molecule has 0 unspecified atom stereocenters. The summed E-state index contributed by atoms with van der Waals surface area (Å²) in [4.78, 5) is 31.8. The summed E-state index contributed by atoms with van der Waals surface area (Å²) < 4.78 is 13.2. The van der Waals surface area contributed by atoms with Crippen LogP contribution in [0, 0.1) is 12.8 Å². The van der Waals surface area contributed by atoms with Gasteiger partial charge in [0.05, 0.1) is 17.7 Å². The maximum absolute atomic E-state index is 13.2. The number of nitrogens with one attached hydrogen (secondary N) is 1. The lowest BCUT2D eigenvalue weighted by atomic mass is 10.1. The van der Waals surface area contributed by atoms with Crippen molar-refractivity contribution in [2.24, 2.45) is 10.9 Å². The number of fused-ring (bicyclic) bond motifs is 1. The SMILES string of the molecule is C=N[C@H]1CCN(c2cc(C)c(-c3cc4cc(NC(=O)[C@H]5C[C@H]5F)ncc4c(N)n3)cn2)C1. The van der Waals surface area contributed by atoms with E-state index in [1.807, 2.05) is 25.3 Å². The summed E-state index contributed by atoms with van der Waals surface area (Å²) in [5.74, 6) is 0.690. The van der Waals surface area contributed by atoms with Gasteiger partial charge in [-0.05, 0) is 55.6 Å². The van der Waals surface area contributed by atoms with Crippen molar-refractivity contribution in [3.8, 4) is 11.3 Å². The molecule has 3 atom stereocenters. The Hall–Kier alpha value is -3.62. The van der Waals surface area contributed by atoms with Gasteiger partial charge in [-0.25, -0.2) is 19.3 Å². The van der Waals surface area contributed by atoms with Gasteiger partial charge in [0.25, 0.3) is 0 Å². The number of nitrogens with zero attached hydrogens (tertiary/aromatic N) is 5. The molecule has 3 aromatic heterocycles. The lowest BCUT2D eigenvalue weighted by Crippen LogP contribution is -2.21. The van der Waals surface area contributed by atoms with Crippen LogP contribution in [0.25, 0.3) is 22.0 Å². The highest BCUT2D eigenvalue weighted by Crippen LogP contribution is 2.35. The smallest absolute Gasteiger partial charge is 0.231 e. The van der Waals surface area contributed by atoms with Crippen LogP contribution in [0.5, 0.6) is 0 Å². The first kappa shape index (κ1) is 20.3. The molecule has 32 heavy (non-hydrogen) atoms. The van der Waals surface area contributed by atoms with Gasteiger partial charge >= 0.3 is 0 Å². The number of carbonyl (C=O) groups is 1. The average molecular weight is 433 g/mol. The van der Waals surface area contributed by atoms with Crippen molar-refractivity contribution >= 4 is 40.9 Å². The van der Waals surface area contributed by atoms with E-state index in [1.54, 1.807) is 12.3 Å². The van der Waals surface area contributed by atoms with Crippen molar-refractivity contribution in [2.45, 2.75) is 32.0 Å². The van der Waals surface area contributed by atoms with E-state index in [1.165, 1.54) is 0 Å². The number of rotatable bonds is 5. The lowest BCUT2D eigenvalue weighted by Gasteiger charge is -2.18. The van der Waals surface area contributed by atoms with Crippen LogP contribution in [0.4, 0.5) is 21.8 Å². The molecule has 2 aliphatic rings. The Labute approximate surface area is 184 Å². The molecule has 2 fully saturated rings. The van der Waals surface area contributed by atoms with E-state index in [0.29, 0.717) is 22.7 Å². The molecule has 0 radical (unpaired) electrons. The minimum atomic E-state index is -1.06. The molecule has 9 heteroatoms. The quantitative estimate of drug-likeness (QED) is 0.598. The van der Waals surface area contributed by atoms with Crippen LogP contribution in [0.1, 0.15) is 18.4 Å². The van der Waals surface area contributed by atoms with E-state index in [0.717, 1.165) is 41.8 Å². The summed E-state index contributed by atoms with van der Waals surface area (Å²) in [6.07, 6.45) is 3.58. The summed E-state index contributed by atoms with van der Waals surface area (Å²) in [6.45, 7) is 7.39.